The Hall–Kier alpha value is -1.76. The van der Waals surface area contributed by atoms with Crippen LogP contribution in [0.4, 0.5) is 0 Å². The molecule has 0 aliphatic carbocycles. The summed E-state index contributed by atoms with van der Waals surface area (Å²) in [7, 11) is 0. The summed E-state index contributed by atoms with van der Waals surface area (Å²) in [6.07, 6.45) is 0. The van der Waals surface area contributed by atoms with E-state index < -0.39 is 0 Å². The normalized spacial score (nSPS) is 13.2. The van der Waals surface area contributed by atoms with Gasteiger partial charge < -0.3 is 4.42 Å². The topological polar surface area (TPSA) is 13.1 Å². The van der Waals surface area contributed by atoms with Gasteiger partial charge in [0, 0.05) is 10.8 Å². The molecule has 0 radical (unpaired) electrons. The molecular weight excluding hydrogens is 256 g/mol. The quantitative estimate of drug-likeness (QED) is 0.479. The van der Waals surface area contributed by atoms with Crippen LogP contribution in [0.5, 0.6) is 0 Å². The monoisotopic (exact) mass is 280 g/mol. The molecule has 1 nitrogen and oxygen atoms in total. The Kier molecular flexibility index (Phi) is 2.95. The SMILES string of the molecule is CC(C)(C)c1ccc2c(c1)oc1ccc(C(C)(C)C)cc12. The van der Waals surface area contributed by atoms with E-state index in [0.29, 0.717) is 0 Å². The highest BCUT2D eigenvalue weighted by molar-refractivity contribution is 6.05. The van der Waals surface area contributed by atoms with Gasteiger partial charge in [-0.25, -0.2) is 0 Å². The molecular formula is C20H24O. The number of furan rings is 1. The summed E-state index contributed by atoms with van der Waals surface area (Å²) in [5.41, 5.74) is 4.92. The predicted molar refractivity (Wildman–Crippen MR) is 91.1 cm³/mol. The lowest BCUT2D eigenvalue weighted by Crippen LogP contribution is -2.10. The number of fused-ring (bicyclic) bond motifs is 3. The van der Waals surface area contributed by atoms with Gasteiger partial charge in [0.05, 0.1) is 0 Å². The van der Waals surface area contributed by atoms with Gasteiger partial charge in [-0.15, -0.1) is 0 Å². The molecule has 1 heterocycles. The van der Waals surface area contributed by atoms with Gasteiger partial charge >= 0.3 is 0 Å². The third kappa shape index (κ3) is 2.46. The van der Waals surface area contributed by atoms with Gasteiger partial charge in [-0.3, -0.25) is 0 Å². The van der Waals surface area contributed by atoms with Crippen LogP contribution in [0.15, 0.2) is 40.8 Å². The molecule has 0 bridgehead atoms. The third-order valence-corrected chi connectivity index (χ3v) is 4.20. The Labute approximate surface area is 127 Å². The van der Waals surface area contributed by atoms with Crippen molar-refractivity contribution in [3.05, 3.63) is 47.5 Å². The van der Waals surface area contributed by atoms with Crippen LogP contribution >= 0.6 is 0 Å². The van der Waals surface area contributed by atoms with Crippen LogP contribution in [-0.4, -0.2) is 0 Å². The van der Waals surface area contributed by atoms with Crippen LogP contribution in [0.25, 0.3) is 21.9 Å². The minimum absolute atomic E-state index is 0.143. The average Bonchev–Trinajstić information content (AvgIpc) is 2.73. The number of benzene rings is 2. The van der Waals surface area contributed by atoms with E-state index in [2.05, 4.69) is 77.9 Å². The zero-order valence-electron chi connectivity index (χ0n) is 13.9. The Balaban J connectivity index is 2.26. The minimum atomic E-state index is 0.143. The van der Waals surface area contributed by atoms with Crippen molar-refractivity contribution in [2.45, 2.75) is 52.4 Å². The summed E-state index contributed by atoms with van der Waals surface area (Å²) in [5.74, 6) is 0. The molecule has 21 heavy (non-hydrogen) atoms. The molecule has 0 fully saturated rings. The molecule has 0 unspecified atom stereocenters. The van der Waals surface area contributed by atoms with E-state index in [1.54, 1.807) is 0 Å². The van der Waals surface area contributed by atoms with E-state index in [1.807, 2.05) is 0 Å². The lowest BCUT2D eigenvalue weighted by atomic mass is 9.85. The van der Waals surface area contributed by atoms with E-state index in [0.717, 1.165) is 11.2 Å². The Morgan fingerprint density at radius 2 is 1.19 bits per heavy atom. The minimum Gasteiger partial charge on any atom is -0.456 e. The van der Waals surface area contributed by atoms with Crippen molar-refractivity contribution in [1.82, 2.24) is 0 Å². The second-order valence-electron chi connectivity index (χ2n) is 8.02. The lowest BCUT2D eigenvalue weighted by Gasteiger charge is -2.19. The van der Waals surface area contributed by atoms with Crippen molar-refractivity contribution in [3.8, 4) is 0 Å². The van der Waals surface area contributed by atoms with E-state index >= 15 is 0 Å². The molecule has 0 saturated carbocycles. The summed E-state index contributed by atoms with van der Waals surface area (Å²) in [4.78, 5) is 0. The van der Waals surface area contributed by atoms with Crippen molar-refractivity contribution in [2.24, 2.45) is 0 Å². The van der Waals surface area contributed by atoms with Gasteiger partial charge in [0.1, 0.15) is 11.2 Å². The predicted octanol–water partition coefficient (Wildman–Crippen LogP) is 6.18. The van der Waals surface area contributed by atoms with Gasteiger partial charge in [0.25, 0.3) is 0 Å². The van der Waals surface area contributed by atoms with Crippen molar-refractivity contribution in [3.63, 3.8) is 0 Å². The summed E-state index contributed by atoms with van der Waals surface area (Å²) >= 11 is 0. The van der Waals surface area contributed by atoms with Crippen molar-refractivity contribution in [2.75, 3.05) is 0 Å². The molecule has 0 amide bonds. The van der Waals surface area contributed by atoms with Crippen LogP contribution in [-0.2, 0) is 10.8 Å². The maximum absolute atomic E-state index is 6.06. The second kappa shape index (κ2) is 4.37. The molecule has 0 spiro atoms. The standard InChI is InChI=1S/C20H24O/c1-19(2,3)13-8-10-17-16(11-13)15-9-7-14(20(4,5)6)12-18(15)21-17/h7-12H,1-6H3. The molecule has 0 saturated heterocycles. The second-order valence-corrected chi connectivity index (χ2v) is 8.02. The number of hydrogen-bond acceptors (Lipinski definition) is 1. The summed E-state index contributed by atoms with van der Waals surface area (Å²) < 4.78 is 6.06. The first-order valence-electron chi connectivity index (χ1n) is 7.63. The number of hydrogen-bond donors (Lipinski definition) is 0. The molecule has 0 atom stereocenters. The third-order valence-electron chi connectivity index (χ3n) is 4.20. The molecule has 1 aromatic heterocycles. The zero-order chi connectivity index (χ0) is 15.4. The van der Waals surface area contributed by atoms with Crippen LogP contribution in [0.2, 0.25) is 0 Å². The van der Waals surface area contributed by atoms with Crippen LogP contribution in [0, 0.1) is 0 Å². The molecule has 0 aliphatic rings. The van der Waals surface area contributed by atoms with E-state index in [4.69, 9.17) is 4.42 Å². The summed E-state index contributed by atoms with van der Waals surface area (Å²) in [6, 6.07) is 13.2. The fraction of sp³-hybridized carbons (Fsp3) is 0.400. The van der Waals surface area contributed by atoms with Gasteiger partial charge in [-0.2, -0.15) is 0 Å². The highest BCUT2D eigenvalue weighted by Crippen LogP contribution is 2.35. The van der Waals surface area contributed by atoms with E-state index in [-0.39, 0.29) is 10.8 Å². The van der Waals surface area contributed by atoms with Crippen molar-refractivity contribution >= 4 is 21.9 Å². The van der Waals surface area contributed by atoms with Crippen molar-refractivity contribution < 1.29 is 4.42 Å². The molecule has 0 aliphatic heterocycles. The Morgan fingerprint density at radius 1 is 0.619 bits per heavy atom. The molecule has 2 aromatic carbocycles. The van der Waals surface area contributed by atoms with Crippen molar-refractivity contribution in [1.29, 1.82) is 0 Å². The van der Waals surface area contributed by atoms with Gasteiger partial charge in [-0.05, 0) is 40.2 Å². The highest BCUT2D eigenvalue weighted by atomic mass is 16.3. The molecule has 110 valence electrons. The fourth-order valence-electron chi connectivity index (χ4n) is 2.71. The van der Waals surface area contributed by atoms with Gasteiger partial charge in [0.2, 0.25) is 0 Å². The van der Waals surface area contributed by atoms with Crippen LogP contribution < -0.4 is 0 Å². The smallest absolute Gasteiger partial charge is 0.135 e. The zero-order valence-corrected chi connectivity index (χ0v) is 13.9. The maximum atomic E-state index is 6.06. The molecule has 3 rings (SSSR count). The first kappa shape index (κ1) is 14.2. The maximum Gasteiger partial charge on any atom is 0.135 e. The fourth-order valence-corrected chi connectivity index (χ4v) is 2.71. The van der Waals surface area contributed by atoms with Crippen LogP contribution in [0.1, 0.15) is 52.7 Å². The molecule has 1 heteroatoms. The van der Waals surface area contributed by atoms with Crippen LogP contribution in [0.3, 0.4) is 0 Å². The van der Waals surface area contributed by atoms with Gasteiger partial charge in [0.15, 0.2) is 0 Å². The highest BCUT2D eigenvalue weighted by Gasteiger charge is 2.18. The number of rotatable bonds is 0. The summed E-state index contributed by atoms with van der Waals surface area (Å²) in [5, 5.41) is 2.43. The van der Waals surface area contributed by atoms with E-state index in [9.17, 15) is 0 Å². The lowest BCUT2D eigenvalue weighted by molar-refractivity contribution is 0.587. The van der Waals surface area contributed by atoms with Gasteiger partial charge in [-0.1, -0.05) is 59.7 Å². The largest absolute Gasteiger partial charge is 0.456 e. The average molecular weight is 280 g/mol. The Bertz CT molecular complexity index is 807. The molecule has 0 N–H and O–H groups in total. The first-order valence-corrected chi connectivity index (χ1v) is 7.63. The molecule has 3 aromatic rings. The first-order chi connectivity index (χ1) is 9.66. The summed E-state index contributed by atoms with van der Waals surface area (Å²) in [6.45, 7) is 13.4. The van der Waals surface area contributed by atoms with E-state index in [1.165, 1.54) is 21.9 Å². The Morgan fingerprint density at radius 3 is 1.81 bits per heavy atom.